The number of nitrogens with one attached hydrogen (secondary N) is 1. The third-order valence-electron chi connectivity index (χ3n) is 3.11. The quantitative estimate of drug-likeness (QED) is 0.878. The van der Waals surface area contributed by atoms with Crippen LogP contribution in [0.25, 0.3) is 0 Å². The Hall–Kier alpha value is -2.15. The van der Waals surface area contributed by atoms with E-state index in [4.69, 9.17) is 0 Å². The average molecular weight is 335 g/mol. The Labute approximate surface area is 136 Å². The summed E-state index contributed by atoms with van der Waals surface area (Å²) in [4.78, 5) is 12.4. The van der Waals surface area contributed by atoms with Crippen LogP contribution in [0.1, 0.15) is 29.8 Å². The van der Waals surface area contributed by atoms with E-state index in [9.17, 15) is 13.2 Å². The average Bonchev–Trinajstić information content (AvgIpc) is 2.83. The predicted octanol–water partition coefficient (Wildman–Crippen LogP) is 2.34. The fraction of sp³-hybridized carbons (Fsp3) is 0.375. The van der Waals surface area contributed by atoms with Gasteiger partial charge in [0.05, 0.1) is 11.9 Å². The molecule has 0 saturated carbocycles. The Balaban J connectivity index is 2.15. The van der Waals surface area contributed by atoms with Crippen molar-refractivity contribution in [1.82, 2.24) is 9.78 Å². The molecule has 0 atom stereocenters. The zero-order chi connectivity index (χ0) is 17.0. The van der Waals surface area contributed by atoms with Gasteiger partial charge in [0.15, 0.2) is 9.84 Å². The van der Waals surface area contributed by atoms with E-state index in [0.717, 1.165) is 0 Å². The molecule has 0 spiro atoms. The highest BCUT2D eigenvalue weighted by atomic mass is 32.2. The molecule has 1 N–H and O–H groups in total. The van der Waals surface area contributed by atoms with E-state index in [1.54, 1.807) is 41.2 Å². The lowest BCUT2D eigenvalue weighted by atomic mass is 10.1. The summed E-state index contributed by atoms with van der Waals surface area (Å²) in [5, 5.41) is 7.01. The Morgan fingerprint density at radius 3 is 2.70 bits per heavy atom. The topological polar surface area (TPSA) is 81.1 Å². The fourth-order valence-electron chi connectivity index (χ4n) is 2.22. The lowest BCUT2D eigenvalue weighted by Crippen LogP contribution is -2.17. The number of sulfone groups is 1. The minimum atomic E-state index is -3.14. The Kier molecular flexibility index (Phi) is 5.20. The molecule has 0 bridgehead atoms. The van der Waals surface area contributed by atoms with Crippen molar-refractivity contribution in [2.45, 2.75) is 26.1 Å². The van der Waals surface area contributed by atoms with Gasteiger partial charge in [0, 0.05) is 24.4 Å². The summed E-state index contributed by atoms with van der Waals surface area (Å²) in [5.41, 5.74) is 1.01. The minimum Gasteiger partial charge on any atom is -0.307 e. The zero-order valence-corrected chi connectivity index (χ0v) is 14.3. The number of hydrogen-bond acceptors (Lipinski definition) is 4. The molecule has 1 heterocycles. The summed E-state index contributed by atoms with van der Waals surface area (Å²) in [5.74, 6) is 0.658. The Morgan fingerprint density at radius 1 is 1.30 bits per heavy atom. The lowest BCUT2D eigenvalue weighted by Gasteiger charge is -2.11. The number of carbonyl (C=O) groups excluding carboxylic acids is 1. The molecule has 124 valence electrons. The van der Waals surface area contributed by atoms with E-state index in [-0.39, 0.29) is 11.7 Å². The molecule has 2 aromatic rings. The molecule has 0 aliphatic heterocycles. The molecule has 0 aliphatic carbocycles. The van der Waals surface area contributed by atoms with Gasteiger partial charge in [-0.25, -0.2) is 13.1 Å². The van der Waals surface area contributed by atoms with Crippen LogP contribution in [0, 0.1) is 5.92 Å². The first-order valence-corrected chi connectivity index (χ1v) is 9.40. The highest BCUT2D eigenvalue weighted by Crippen LogP contribution is 2.13. The predicted molar refractivity (Wildman–Crippen MR) is 90.0 cm³/mol. The number of benzene rings is 1. The van der Waals surface area contributed by atoms with E-state index in [2.05, 4.69) is 24.3 Å². The number of carbonyl (C=O) groups is 1. The monoisotopic (exact) mass is 335 g/mol. The van der Waals surface area contributed by atoms with E-state index in [0.29, 0.717) is 29.4 Å². The standard InChI is InChI=1S/C16H21N3O3S/c1-12(2)10-19-15(7-8-17-19)18-16(20)14-6-4-5-13(9-14)11-23(3,21)22/h4-9,12H,10-11H2,1-3H3,(H,18,20). The van der Waals surface area contributed by atoms with Crippen molar-refractivity contribution in [3.63, 3.8) is 0 Å². The largest absolute Gasteiger partial charge is 0.307 e. The molecule has 0 fully saturated rings. The summed E-state index contributed by atoms with van der Waals surface area (Å²) >= 11 is 0. The third-order valence-corrected chi connectivity index (χ3v) is 3.97. The molecule has 0 radical (unpaired) electrons. The molecule has 1 aromatic carbocycles. The number of nitrogens with zero attached hydrogens (tertiary/aromatic N) is 2. The van der Waals surface area contributed by atoms with Crippen LogP contribution in [-0.4, -0.2) is 30.4 Å². The number of anilines is 1. The van der Waals surface area contributed by atoms with Crippen LogP contribution in [0.3, 0.4) is 0 Å². The second kappa shape index (κ2) is 6.95. The molecule has 23 heavy (non-hydrogen) atoms. The smallest absolute Gasteiger partial charge is 0.256 e. The maximum Gasteiger partial charge on any atom is 0.256 e. The normalized spacial score (nSPS) is 11.7. The van der Waals surface area contributed by atoms with Gasteiger partial charge in [-0.05, 0) is 23.6 Å². The molecule has 0 aliphatic rings. The highest BCUT2D eigenvalue weighted by molar-refractivity contribution is 7.89. The Morgan fingerprint density at radius 2 is 2.04 bits per heavy atom. The van der Waals surface area contributed by atoms with Gasteiger partial charge in [-0.2, -0.15) is 5.10 Å². The molecule has 0 unspecified atom stereocenters. The second-order valence-corrected chi connectivity index (χ2v) is 8.16. The van der Waals surface area contributed by atoms with Gasteiger partial charge in [0.25, 0.3) is 5.91 Å². The van der Waals surface area contributed by atoms with Crippen LogP contribution in [0.5, 0.6) is 0 Å². The van der Waals surface area contributed by atoms with Crippen LogP contribution in [0.15, 0.2) is 36.5 Å². The maximum absolute atomic E-state index is 12.4. The summed E-state index contributed by atoms with van der Waals surface area (Å²) in [7, 11) is -3.14. The first kappa shape index (κ1) is 17.2. The molecule has 0 saturated heterocycles. The van der Waals surface area contributed by atoms with Gasteiger partial charge in [0.2, 0.25) is 0 Å². The number of aromatic nitrogens is 2. The van der Waals surface area contributed by atoms with Crippen LogP contribution < -0.4 is 5.32 Å². The van der Waals surface area contributed by atoms with Crippen molar-refractivity contribution in [1.29, 1.82) is 0 Å². The van der Waals surface area contributed by atoms with Crippen LogP contribution >= 0.6 is 0 Å². The number of amides is 1. The number of hydrogen-bond donors (Lipinski definition) is 1. The molecule has 6 nitrogen and oxygen atoms in total. The van der Waals surface area contributed by atoms with Crippen LogP contribution in [-0.2, 0) is 22.1 Å². The van der Waals surface area contributed by atoms with Gasteiger partial charge < -0.3 is 5.32 Å². The van der Waals surface area contributed by atoms with Crippen molar-refractivity contribution in [3.8, 4) is 0 Å². The van der Waals surface area contributed by atoms with Gasteiger partial charge in [-0.1, -0.05) is 26.0 Å². The van der Waals surface area contributed by atoms with Gasteiger partial charge in [-0.15, -0.1) is 0 Å². The fourth-order valence-corrected chi connectivity index (χ4v) is 3.01. The van der Waals surface area contributed by atoms with E-state index in [1.807, 2.05) is 0 Å². The minimum absolute atomic E-state index is 0.0839. The zero-order valence-electron chi connectivity index (χ0n) is 13.5. The van der Waals surface area contributed by atoms with Crippen molar-refractivity contribution in [3.05, 3.63) is 47.7 Å². The molecule has 7 heteroatoms. The van der Waals surface area contributed by atoms with Gasteiger partial charge >= 0.3 is 0 Å². The summed E-state index contributed by atoms with van der Waals surface area (Å²) < 4.78 is 24.5. The van der Waals surface area contributed by atoms with E-state index in [1.165, 1.54) is 6.26 Å². The Bertz CT molecular complexity index is 794. The highest BCUT2D eigenvalue weighted by Gasteiger charge is 2.12. The third kappa shape index (κ3) is 5.21. The van der Waals surface area contributed by atoms with Gasteiger partial charge in [0.1, 0.15) is 5.82 Å². The molecular weight excluding hydrogens is 314 g/mol. The van der Waals surface area contributed by atoms with Crippen molar-refractivity contribution in [2.75, 3.05) is 11.6 Å². The first-order chi connectivity index (χ1) is 10.7. The second-order valence-electron chi connectivity index (χ2n) is 6.02. The van der Waals surface area contributed by atoms with Gasteiger partial charge in [-0.3, -0.25) is 4.79 Å². The first-order valence-electron chi connectivity index (χ1n) is 7.34. The number of rotatable bonds is 6. The van der Waals surface area contributed by atoms with E-state index < -0.39 is 9.84 Å². The molecule has 1 aromatic heterocycles. The molecule has 2 rings (SSSR count). The molecule has 1 amide bonds. The van der Waals surface area contributed by atoms with Crippen LogP contribution in [0.4, 0.5) is 5.82 Å². The summed E-state index contributed by atoms with van der Waals surface area (Å²) in [6.45, 7) is 4.85. The summed E-state index contributed by atoms with van der Waals surface area (Å²) in [6.07, 6.45) is 2.81. The maximum atomic E-state index is 12.4. The SMILES string of the molecule is CC(C)Cn1nccc1NC(=O)c1cccc(CS(C)(=O)=O)c1. The summed E-state index contributed by atoms with van der Waals surface area (Å²) in [6, 6.07) is 8.37. The van der Waals surface area contributed by atoms with Crippen molar-refractivity contribution in [2.24, 2.45) is 5.92 Å². The van der Waals surface area contributed by atoms with Crippen molar-refractivity contribution >= 4 is 21.6 Å². The van der Waals surface area contributed by atoms with E-state index >= 15 is 0 Å². The van der Waals surface area contributed by atoms with Crippen LogP contribution in [0.2, 0.25) is 0 Å². The van der Waals surface area contributed by atoms with Crippen molar-refractivity contribution < 1.29 is 13.2 Å². The molecular formula is C16H21N3O3S. The lowest BCUT2D eigenvalue weighted by molar-refractivity contribution is 0.102.